The van der Waals surface area contributed by atoms with Gasteiger partial charge in [0.25, 0.3) is 0 Å². The van der Waals surface area contributed by atoms with Gasteiger partial charge in [-0.15, -0.1) is 0 Å². The highest BCUT2D eigenvalue weighted by molar-refractivity contribution is 7.99. The molecular formula is C12H17F2NS. The minimum absolute atomic E-state index is 0.118. The van der Waals surface area contributed by atoms with Crippen LogP contribution < -0.4 is 5.73 Å². The van der Waals surface area contributed by atoms with Crippen LogP contribution in [0.5, 0.6) is 0 Å². The van der Waals surface area contributed by atoms with E-state index in [4.69, 9.17) is 5.73 Å². The van der Waals surface area contributed by atoms with Gasteiger partial charge in [-0.25, -0.2) is 8.78 Å². The lowest BCUT2D eigenvalue weighted by Crippen LogP contribution is -2.26. The summed E-state index contributed by atoms with van der Waals surface area (Å²) in [7, 11) is 0. The van der Waals surface area contributed by atoms with Gasteiger partial charge < -0.3 is 5.73 Å². The average molecular weight is 245 g/mol. The normalized spacial score (nSPS) is 12.8. The highest BCUT2D eigenvalue weighted by Crippen LogP contribution is 2.14. The second-order valence-electron chi connectivity index (χ2n) is 3.75. The van der Waals surface area contributed by atoms with Crippen LogP contribution in [0.15, 0.2) is 18.2 Å². The third kappa shape index (κ3) is 4.10. The number of hydrogen-bond donors (Lipinski definition) is 1. The zero-order chi connectivity index (χ0) is 12.0. The summed E-state index contributed by atoms with van der Waals surface area (Å²) in [4.78, 5) is 0. The molecule has 0 aliphatic rings. The highest BCUT2D eigenvalue weighted by Gasteiger charge is 2.11. The van der Waals surface area contributed by atoms with Crippen molar-refractivity contribution in [3.05, 3.63) is 35.4 Å². The molecule has 0 radical (unpaired) electrons. The molecule has 1 rings (SSSR count). The van der Waals surface area contributed by atoms with Gasteiger partial charge in [0.15, 0.2) is 11.6 Å². The first-order valence-corrected chi connectivity index (χ1v) is 6.56. The fourth-order valence-corrected chi connectivity index (χ4v) is 2.30. The van der Waals surface area contributed by atoms with Gasteiger partial charge in [-0.3, -0.25) is 0 Å². The Balaban J connectivity index is 2.49. The van der Waals surface area contributed by atoms with Crippen LogP contribution in [0.1, 0.15) is 18.9 Å². The van der Waals surface area contributed by atoms with Crippen molar-refractivity contribution in [1.82, 2.24) is 0 Å². The van der Waals surface area contributed by atoms with Crippen molar-refractivity contribution in [1.29, 1.82) is 0 Å². The molecule has 1 unspecified atom stereocenters. The number of nitrogens with two attached hydrogens (primary N) is 1. The van der Waals surface area contributed by atoms with Gasteiger partial charge in [-0.05, 0) is 30.2 Å². The average Bonchev–Trinajstić information content (AvgIpc) is 2.25. The maximum absolute atomic E-state index is 13.3. The van der Waals surface area contributed by atoms with Gasteiger partial charge in [-0.1, -0.05) is 19.1 Å². The van der Waals surface area contributed by atoms with Crippen LogP contribution in [-0.2, 0) is 6.42 Å². The second kappa shape index (κ2) is 6.86. The Morgan fingerprint density at radius 2 is 2.12 bits per heavy atom. The van der Waals surface area contributed by atoms with Crippen LogP contribution in [-0.4, -0.2) is 17.5 Å². The number of hydrogen-bond acceptors (Lipinski definition) is 2. The predicted molar refractivity (Wildman–Crippen MR) is 65.7 cm³/mol. The van der Waals surface area contributed by atoms with Gasteiger partial charge >= 0.3 is 0 Å². The molecule has 1 aromatic carbocycles. The molecule has 0 amide bonds. The Bertz CT molecular complexity index is 331. The van der Waals surface area contributed by atoms with E-state index in [0.717, 1.165) is 24.0 Å². The Morgan fingerprint density at radius 1 is 1.38 bits per heavy atom. The Kier molecular flexibility index (Phi) is 5.77. The third-order valence-corrected chi connectivity index (χ3v) is 3.55. The summed E-state index contributed by atoms with van der Waals surface area (Å²) in [6, 6.07) is 4.10. The van der Waals surface area contributed by atoms with E-state index < -0.39 is 11.6 Å². The molecule has 0 fully saturated rings. The maximum Gasteiger partial charge on any atom is 0.162 e. The summed E-state index contributed by atoms with van der Waals surface area (Å²) < 4.78 is 26.2. The molecule has 1 atom stereocenters. The molecule has 90 valence electrons. The topological polar surface area (TPSA) is 26.0 Å². The fraction of sp³-hybridized carbons (Fsp3) is 0.500. The summed E-state index contributed by atoms with van der Waals surface area (Å²) in [6.45, 7) is 2.10. The molecular weight excluding hydrogens is 228 g/mol. The van der Waals surface area contributed by atoms with E-state index in [2.05, 4.69) is 6.92 Å². The SMILES string of the molecule is CCCSCC(N)Cc1cccc(F)c1F. The number of rotatable bonds is 6. The minimum Gasteiger partial charge on any atom is -0.327 e. The molecule has 0 saturated carbocycles. The molecule has 2 N–H and O–H groups in total. The summed E-state index contributed by atoms with van der Waals surface area (Å²) in [5.74, 6) is 0.271. The van der Waals surface area contributed by atoms with Crippen LogP contribution in [0.4, 0.5) is 8.78 Å². The summed E-state index contributed by atoms with van der Waals surface area (Å²) in [5, 5.41) is 0. The lowest BCUT2D eigenvalue weighted by Gasteiger charge is -2.11. The Morgan fingerprint density at radius 3 is 2.81 bits per heavy atom. The second-order valence-corrected chi connectivity index (χ2v) is 4.90. The van der Waals surface area contributed by atoms with Crippen molar-refractivity contribution < 1.29 is 8.78 Å². The van der Waals surface area contributed by atoms with E-state index in [1.54, 1.807) is 17.8 Å². The number of benzene rings is 1. The first-order chi connectivity index (χ1) is 7.65. The predicted octanol–water partition coefficient (Wildman–Crippen LogP) is 2.98. The number of halogens is 2. The zero-order valence-electron chi connectivity index (χ0n) is 9.38. The summed E-state index contributed by atoms with van der Waals surface area (Å²) >= 11 is 1.75. The van der Waals surface area contributed by atoms with Gasteiger partial charge in [-0.2, -0.15) is 11.8 Å². The molecule has 1 aromatic rings. The standard InChI is InChI=1S/C12H17F2NS/c1-2-6-16-8-10(15)7-9-4-3-5-11(13)12(9)14/h3-5,10H,2,6-8,15H2,1H3. The van der Waals surface area contributed by atoms with Crippen molar-refractivity contribution in [2.45, 2.75) is 25.8 Å². The van der Waals surface area contributed by atoms with Crippen molar-refractivity contribution in [3.8, 4) is 0 Å². The third-order valence-electron chi connectivity index (χ3n) is 2.19. The fourth-order valence-electron chi connectivity index (χ4n) is 1.43. The smallest absolute Gasteiger partial charge is 0.162 e. The molecule has 0 aliphatic carbocycles. The molecule has 16 heavy (non-hydrogen) atoms. The summed E-state index contributed by atoms with van der Waals surface area (Å²) in [5.41, 5.74) is 6.22. The Hall–Kier alpha value is -0.610. The molecule has 0 saturated heterocycles. The largest absolute Gasteiger partial charge is 0.327 e. The lowest BCUT2D eigenvalue weighted by molar-refractivity contribution is 0.495. The van der Waals surface area contributed by atoms with E-state index in [0.29, 0.717) is 12.0 Å². The van der Waals surface area contributed by atoms with Crippen molar-refractivity contribution >= 4 is 11.8 Å². The van der Waals surface area contributed by atoms with E-state index in [1.165, 1.54) is 6.07 Å². The van der Waals surface area contributed by atoms with E-state index in [-0.39, 0.29) is 6.04 Å². The summed E-state index contributed by atoms with van der Waals surface area (Å²) in [6.07, 6.45) is 1.49. The van der Waals surface area contributed by atoms with Crippen molar-refractivity contribution in [3.63, 3.8) is 0 Å². The van der Waals surface area contributed by atoms with Gasteiger partial charge in [0, 0.05) is 11.8 Å². The van der Waals surface area contributed by atoms with Gasteiger partial charge in [0.2, 0.25) is 0 Å². The van der Waals surface area contributed by atoms with E-state index in [9.17, 15) is 8.78 Å². The molecule has 4 heteroatoms. The quantitative estimate of drug-likeness (QED) is 0.780. The molecule has 0 bridgehead atoms. The molecule has 0 aliphatic heterocycles. The first kappa shape index (κ1) is 13.5. The molecule has 0 heterocycles. The van der Waals surface area contributed by atoms with Gasteiger partial charge in [0.05, 0.1) is 0 Å². The molecule has 0 spiro atoms. The maximum atomic E-state index is 13.3. The van der Waals surface area contributed by atoms with Crippen LogP contribution in [0, 0.1) is 11.6 Å². The minimum atomic E-state index is -0.800. The van der Waals surface area contributed by atoms with Gasteiger partial charge in [0.1, 0.15) is 0 Å². The lowest BCUT2D eigenvalue weighted by atomic mass is 10.1. The van der Waals surface area contributed by atoms with Crippen LogP contribution in [0.3, 0.4) is 0 Å². The molecule has 0 aromatic heterocycles. The zero-order valence-corrected chi connectivity index (χ0v) is 10.2. The van der Waals surface area contributed by atoms with Crippen LogP contribution in [0.2, 0.25) is 0 Å². The van der Waals surface area contributed by atoms with E-state index in [1.807, 2.05) is 0 Å². The van der Waals surface area contributed by atoms with E-state index >= 15 is 0 Å². The molecule has 1 nitrogen and oxygen atoms in total. The van der Waals surface area contributed by atoms with Crippen LogP contribution in [0.25, 0.3) is 0 Å². The highest BCUT2D eigenvalue weighted by atomic mass is 32.2. The van der Waals surface area contributed by atoms with Crippen molar-refractivity contribution in [2.24, 2.45) is 5.73 Å². The monoisotopic (exact) mass is 245 g/mol. The number of thioether (sulfide) groups is 1. The Labute approximate surface area is 99.4 Å². The van der Waals surface area contributed by atoms with Crippen LogP contribution >= 0.6 is 11.8 Å². The first-order valence-electron chi connectivity index (χ1n) is 5.41. The van der Waals surface area contributed by atoms with Crippen molar-refractivity contribution in [2.75, 3.05) is 11.5 Å².